The number of anilines is 1. The van der Waals surface area contributed by atoms with Crippen LogP contribution >= 0.6 is 0 Å². The Labute approximate surface area is 207 Å². The van der Waals surface area contributed by atoms with E-state index >= 15 is 0 Å². The second kappa shape index (κ2) is 9.99. The Morgan fingerprint density at radius 2 is 1.86 bits per heavy atom. The zero-order valence-corrected chi connectivity index (χ0v) is 20.0. The third-order valence-corrected chi connectivity index (χ3v) is 7.34. The first-order valence-electron chi connectivity index (χ1n) is 11.8. The zero-order chi connectivity index (χ0) is 26.2. The molecule has 0 unspecified atom stereocenters. The Bertz CT molecular complexity index is 1270. The van der Waals surface area contributed by atoms with Crippen molar-refractivity contribution in [1.29, 1.82) is 0 Å². The molecule has 2 aromatic heterocycles. The van der Waals surface area contributed by atoms with E-state index in [1.165, 1.54) is 6.20 Å². The van der Waals surface area contributed by atoms with Crippen LogP contribution in [0.5, 0.6) is 0 Å². The second-order valence-electron chi connectivity index (χ2n) is 9.46. The Morgan fingerprint density at radius 1 is 1.17 bits per heavy atom. The molecule has 190 valence electrons. The fourth-order valence-electron chi connectivity index (χ4n) is 5.23. The minimum Gasteiger partial charge on any atom is -0.397 e. The third kappa shape index (κ3) is 4.60. The number of ketones is 1. The van der Waals surface area contributed by atoms with Crippen molar-refractivity contribution in [2.75, 3.05) is 5.73 Å². The highest BCUT2D eigenvalue weighted by atomic mass is 19.1. The first-order valence-corrected chi connectivity index (χ1v) is 11.8. The van der Waals surface area contributed by atoms with E-state index in [0.717, 1.165) is 29.8 Å². The minimum absolute atomic E-state index is 0.130. The predicted molar refractivity (Wildman–Crippen MR) is 129 cm³/mol. The molecule has 36 heavy (non-hydrogen) atoms. The van der Waals surface area contributed by atoms with E-state index in [2.05, 4.69) is 9.97 Å². The lowest BCUT2D eigenvalue weighted by Crippen LogP contribution is -2.51. The number of aliphatic hydroxyl groups excluding tert-OH is 1. The molecule has 9 heteroatoms. The fourth-order valence-corrected chi connectivity index (χ4v) is 5.23. The molecule has 0 amide bonds. The van der Waals surface area contributed by atoms with Crippen molar-refractivity contribution in [3.63, 3.8) is 0 Å². The van der Waals surface area contributed by atoms with E-state index < -0.39 is 46.2 Å². The van der Waals surface area contributed by atoms with E-state index in [1.54, 1.807) is 12.3 Å². The molecule has 1 fully saturated rings. The summed E-state index contributed by atoms with van der Waals surface area (Å²) >= 11 is 0. The van der Waals surface area contributed by atoms with Gasteiger partial charge in [0.25, 0.3) is 0 Å². The van der Waals surface area contributed by atoms with E-state index in [9.17, 15) is 28.2 Å². The largest absolute Gasteiger partial charge is 0.397 e. The average molecular weight is 500 g/mol. The van der Waals surface area contributed by atoms with E-state index in [1.807, 2.05) is 13.8 Å². The van der Waals surface area contributed by atoms with E-state index in [0.29, 0.717) is 24.8 Å². The Kier molecular flexibility index (Phi) is 7.15. The summed E-state index contributed by atoms with van der Waals surface area (Å²) < 4.78 is 43.2. The molecule has 4 rings (SSSR count). The van der Waals surface area contributed by atoms with Gasteiger partial charge in [-0.2, -0.15) is 0 Å². The number of carbonyl (C=O) groups excluding carboxylic acids is 1. The second-order valence-corrected chi connectivity index (χ2v) is 9.46. The van der Waals surface area contributed by atoms with Crippen LogP contribution in [0, 0.1) is 23.4 Å². The zero-order valence-electron chi connectivity index (χ0n) is 20.0. The number of nitrogens with two attached hydrogens (primary N) is 1. The van der Waals surface area contributed by atoms with Gasteiger partial charge in [0.1, 0.15) is 23.0 Å². The van der Waals surface area contributed by atoms with Gasteiger partial charge in [-0.15, -0.1) is 0 Å². The van der Waals surface area contributed by atoms with Gasteiger partial charge in [0.15, 0.2) is 11.6 Å². The lowest BCUT2D eigenvalue weighted by molar-refractivity contribution is -0.138. The number of hydrogen-bond donors (Lipinski definition) is 3. The van der Waals surface area contributed by atoms with Gasteiger partial charge >= 0.3 is 0 Å². The first-order chi connectivity index (χ1) is 17.1. The van der Waals surface area contributed by atoms with Gasteiger partial charge in [-0.25, -0.2) is 18.2 Å². The van der Waals surface area contributed by atoms with Gasteiger partial charge < -0.3 is 15.9 Å². The van der Waals surface area contributed by atoms with Crippen LogP contribution in [0.15, 0.2) is 42.7 Å². The summed E-state index contributed by atoms with van der Waals surface area (Å²) in [6.07, 6.45) is 3.33. The molecule has 0 spiro atoms. The topological polar surface area (TPSA) is 109 Å². The fraction of sp³-hybridized carbons (Fsp3) is 0.370. The third-order valence-electron chi connectivity index (χ3n) is 7.34. The minimum atomic E-state index is -1.18. The molecule has 1 aliphatic carbocycles. The van der Waals surface area contributed by atoms with Crippen molar-refractivity contribution >= 4 is 11.5 Å². The monoisotopic (exact) mass is 499 g/mol. The summed E-state index contributed by atoms with van der Waals surface area (Å²) in [5.41, 5.74) is 4.18. The van der Waals surface area contributed by atoms with Gasteiger partial charge in [-0.05, 0) is 60.4 Å². The Hall–Kier alpha value is -3.30. The number of rotatable bonds is 6. The molecule has 2 heterocycles. The molecule has 1 aromatic carbocycles. The summed E-state index contributed by atoms with van der Waals surface area (Å²) in [4.78, 5) is 21.3. The maximum atomic E-state index is 14.6. The molecule has 4 N–H and O–H groups in total. The summed E-state index contributed by atoms with van der Waals surface area (Å²) in [6.45, 7) is 3.72. The number of benzene rings is 1. The Balaban J connectivity index is 1.66. The number of carbonyl (C=O) groups is 1. The number of nitrogen functional groups attached to an aromatic ring is 1. The quantitative estimate of drug-likeness (QED) is 0.428. The Morgan fingerprint density at radius 3 is 2.50 bits per heavy atom. The van der Waals surface area contributed by atoms with Crippen molar-refractivity contribution in [1.82, 2.24) is 9.97 Å². The molecule has 0 saturated heterocycles. The molecule has 4 atom stereocenters. The molecular formula is C27H28F3N3O3. The highest BCUT2D eigenvalue weighted by Crippen LogP contribution is 2.44. The molecule has 3 aromatic rings. The molecule has 1 saturated carbocycles. The number of pyridine rings is 2. The van der Waals surface area contributed by atoms with E-state index in [4.69, 9.17) is 5.73 Å². The van der Waals surface area contributed by atoms with Crippen LogP contribution in [0.25, 0.3) is 11.3 Å². The van der Waals surface area contributed by atoms with Crippen LogP contribution in [-0.2, 0) is 6.42 Å². The number of hydrogen-bond acceptors (Lipinski definition) is 6. The summed E-state index contributed by atoms with van der Waals surface area (Å²) in [7, 11) is 0. The standard InChI is InChI=1S/C27H28F3N3O3/c1-3-27(36)14(2)9-15(11-23(27)35)17-7-8-32-13-16(17)10-22(34)26-21(31)12-20(30)25(33-26)24-18(28)5-4-6-19(24)29/h4-8,12-15,23,35-36H,3,9-11,31H2,1-2H3/t14-,15+,23+,27+/m0/s1. The smallest absolute Gasteiger partial charge is 0.187 e. The number of nitrogens with zero attached hydrogens (tertiary/aromatic N) is 2. The maximum Gasteiger partial charge on any atom is 0.187 e. The molecule has 0 aliphatic heterocycles. The van der Waals surface area contributed by atoms with Crippen molar-refractivity contribution in [2.45, 2.75) is 57.2 Å². The van der Waals surface area contributed by atoms with Gasteiger partial charge in [0, 0.05) is 24.9 Å². The van der Waals surface area contributed by atoms with Crippen LogP contribution in [0.1, 0.15) is 60.6 Å². The summed E-state index contributed by atoms with van der Waals surface area (Å²) in [5, 5.41) is 21.5. The van der Waals surface area contributed by atoms with Crippen molar-refractivity contribution in [3.05, 3.63) is 77.0 Å². The highest BCUT2D eigenvalue weighted by molar-refractivity contribution is 6.00. The average Bonchev–Trinajstić information content (AvgIpc) is 2.83. The molecule has 6 nitrogen and oxygen atoms in total. The van der Waals surface area contributed by atoms with E-state index in [-0.39, 0.29) is 29.6 Å². The number of Topliss-reactive ketones (excluding diaryl/α,β-unsaturated/α-hetero) is 1. The summed E-state index contributed by atoms with van der Waals surface area (Å²) in [6, 6.07) is 5.68. The molecular weight excluding hydrogens is 471 g/mol. The van der Waals surface area contributed by atoms with Crippen LogP contribution in [0.2, 0.25) is 0 Å². The van der Waals surface area contributed by atoms with Crippen molar-refractivity contribution in [3.8, 4) is 11.3 Å². The van der Waals surface area contributed by atoms with Gasteiger partial charge in [-0.3, -0.25) is 9.78 Å². The summed E-state index contributed by atoms with van der Waals surface area (Å²) in [5.74, 6) is -3.97. The van der Waals surface area contributed by atoms with Crippen LogP contribution in [0.4, 0.5) is 18.9 Å². The highest BCUT2D eigenvalue weighted by Gasteiger charge is 2.45. The van der Waals surface area contributed by atoms with Crippen LogP contribution in [-0.4, -0.2) is 37.7 Å². The molecule has 1 aliphatic rings. The van der Waals surface area contributed by atoms with Crippen LogP contribution in [0.3, 0.4) is 0 Å². The normalized spacial score (nSPS) is 24.0. The molecule has 0 bridgehead atoms. The number of aromatic nitrogens is 2. The number of aliphatic hydroxyl groups is 2. The van der Waals surface area contributed by atoms with Crippen LogP contribution < -0.4 is 5.73 Å². The van der Waals surface area contributed by atoms with Crippen molar-refractivity contribution < 1.29 is 28.2 Å². The lowest BCUT2D eigenvalue weighted by Gasteiger charge is -2.45. The SMILES string of the molecule is CC[C@]1(O)[C@H](O)C[C@H](c2ccncc2CC(=O)c2nc(-c3c(F)cccc3F)c(F)cc2N)C[C@@H]1C. The van der Waals surface area contributed by atoms with Gasteiger partial charge in [-0.1, -0.05) is 19.9 Å². The van der Waals surface area contributed by atoms with Gasteiger partial charge in [0.2, 0.25) is 0 Å². The lowest BCUT2D eigenvalue weighted by atomic mass is 9.66. The number of halogens is 3. The van der Waals surface area contributed by atoms with Crippen molar-refractivity contribution in [2.24, 2.45) is 5.92 Å². The predicted octanol–water partition coefficient (Wildman–Crippen LogP) is 4.58. The first kappa shape index (κ1) is 25.8. The maximum absolute atomic E-state index is 14.6. The molecule has 0 radical (unpaired) electrons. The van der Waals surface area contributed by atoms with Gasteiger partial charge in [0.05, 0.1) is 23.0 Å².